The maximum Gasteiger partial charge on any atom is 0.416 e. The lowest BCUT2D eigenvalue weighted by atomic mass is 10.1. The van der Waals surface area contributed by atoms with Gasteiger partial charge in [-0.3, -0.25) is 4.79 Å². The lowest BCUT2D eigenvalue weighted by molar-refractivity contribution is -0.137. The molecular weight excluding hydrogens is 341 g/mol. The Hall–Kier alpha value is -2.15. The molecule has 0 spiro atoms. The van der Waals surface area contributed by atoms with Crippen LogP contribution in [0.4, 0.5) is 13.2 Å². The smallest absolute Gasteiger partial charge is 0.416 e. The van der Waals surface area contributed by atoms with Gasteiger partial charge in [0.25, 0.3) is 0 Å². The van der Waals surface area contributed by atoms with E-state index in [1.54, 1.807) is 12.1 Å². The topological polar surface area (TPSA) is 35.5 Å². The van der Waals surface area contributed by atoms with Gasteiger partial charge in [0, 0.05) is 5.75 Å². The number of carbonyl (C=O) groups excluding carboxylic acids is 1. The second-order valence-corrected chi connectivity index (χ2v) is 5.86. The Balaban J connectivity index is 2.18. The van der Waals surface area contributed by atoms with Crippen molar-refractivity contribution in [2.24, 2.45) is 0 Å². The van der Waals surface area contributed by atoms with Gasteiger partial charge in [0.05, 0.1) is 30.2 Å². The number of aldehydes is 1. The van der Waals surface area contributed by atoms with Crippen LogP contribution < -0.4 is 9.47 Å². The summed E-state index contributed by atoms with van der Waals surface area (Å²) in [5.41, 5.74) is 0.438. The minimum Gasteiger partial charge on any atom is -0.496 e. The van der Waals surface area contributed by atoms with E-state index in [1.807, 2.05) is 0 Å². The molecule has 0 aliphatic rings. The Morgan fingerprint density at radius 1 is 1.04 bits per heavy atom. The molecule has 7 heteroatoms. The van der Waals surface area contributed by atoms with E-state index in [1.165, 1.54) is 38.1 Å². The molecule has 0 aromatic heterocycles. The van der Waals surface area contributed by atoms with Crippen molar-refractivity contribution in [1.29, 1.82) is 0 Å². The van der Waals surface area contributed by atoms with E-state index in [4.69, 9.17) is 9.47 Å². The van der Waals surface area contributed by atoms with Crippen molar-refractivity contribution in [2.45, 2.75) is 16.8 Å². The molecule has 0 saturated carbocycles. The third-order valence-corrected chi connectivity index (χ3v) is 4.43. The van der Waals surface area contributed by atoms with Crippen LogP contribution in [0.15, 0.2) is 41.3 Å². The zero-order valence-corrected chi connectivity index (χ0v) is 13.8. The number of alkyl halides is 3. The normalized spacial score (nSPS) is 11.2. The van der Waals surface area contributed by atoms with Gasteiger partial charge >= 0.3 is 6.18 Å². The zero-order chi connectivity index (χ0) is 17.7. The van der Waals surface area contributed by atoms with E-state index in [0.717, 1.165) is 22.6 Å². The largest absolute Gasteiger partial charge is 0.496 e. The van der Waals surface area contributed by atoms with Crippen molar-refractivity contribution in [2.75, 3.05) is 14.2 Å². The Labute approximate surface area is 141 Å². The van der Waals surface area contributed by atoms with Crippen LogP contribution in [0.2, 0.25) is 0 Å². The highest BCUT2D eigenvalue weighted by molar-refractivity contribution is 7.98. The van der Waals surface area contributed by atoms with Crippen LogP contribution in [0.1, 0.15) is 21.5 Å². The van der Waals surface area contributed by atoms with Crippen molar-refractivity contribution >= 4 is 18.0 Å². The van der Waals surface area contributed by atoms with Gasteiger partial charge in [-0.05, 0) is 29.8 Å². The van der Waals surface area contributed by atoms with Crippen molar-refractivity contribution in [3.63, 3.8) is 0 Å². The van der Waals surface area contributed by atoms with Gasteiger partial charge in [0.2, 0.25) is 0 Å². The quantitative estimate of drug-likeness (QED) is 0.549. The second-order valence-electron chi connectivity index (χ2n) is 4.85. The van der Waals surface area contributed by atoms with E-state index in [2.05, 4.69) is 0 Å². The Morgan fingerprint density at radius 3 is 2.17 bits per heavy atom. The van der Waals surface area contributed by atoms with Crippen molar-refractivity contribution in [1.82, 2.24) is 0 Å². The predicted molar refractivity (Wildman–Crippen MR) is 85.9 cm³/mol. The van der Waals surface area contributed by atoms with Crippen molar-refractivity contribution in [3.8, 4) is 11.5 Å². The molecular formula is C17H15F3O3S. The molecule has 128 valence electrons. The van der Waals surface area contributed by atoms with Gasteiger partial charge < -0.3 is 9.47 Å². The molecule has 0 aliphatic heterocycles. The van der Waals surface area contributed by atoms with Crippen molar-refractivity contribution < 1.29 is 27.4 Å². The molecule has 3 nitrogen and oxygen atoms in total. The first-order valence-electron chi connectivity index (χ1n) is 6.89. The highest BCUT2D eigenvalue weighted by Gasteiger charge is 2.29. The van der Waals surface area contributed by atoms with Gasteiger partial charge in [0.15, 0.2) is 6.29 Å². The number of methoxy groups -OCH3 is 2. The SMILES string of the molecule is COc1cc(SCc2ccc(C(F)(F)F)cc2)c(OC)cc1C=O. The van der Waals surface area contributed by atoms with Crippen molar-refractivity contribution in [3.05, 3.63) is 53.1 Å². The minimum atomic E-state index is -4.34. The molecule has 0 heterocycles. The second kappa shape index (κ2) is 7.61. The fraction of sp³-hybridized carbons (Fsp3) is 0.235. The molecule has 2 aromatic rings. The molecule has 0 bridgehead atoms. The lowest BCUT2D eigenvalue weighted by Crippen LogP contribution is -2.04. The molecule has 24 heavy (non-hydrogen) atoms. The fourth-order valence-corrected chi connectivity index (χ4v) is 3.04. The highest BCUT2D eigenvalue weighted by Crippen LogP contribution is 2.37. The molecule has 0 amide bonds. The molecule has 0 unspecified atom stereocenters. The first kappa shape index (κ1) is 18.2. The molecule has 0 radical (unpaired) electrons. The average Bonchev–Trinajstić information content (AvgIpc) is 2.58. The molecule has 0 saturated heterocycles. The van der Waals surface area contributed by atoms with Gasteiger partial charge in [0.1, 0.15) is 11.5 Å². The zero-order valence-electron chi connectivity index (χ0n) is 13.0. The summed E-state index contributed by atoms with van der Waals surface area (Å²) in [5, 5.41) is 0. The fourth-order valence-electron chi connectivity index (χ4n) is 2.05. The van der Waals surface area contributed by atoms with Crippen LogP contribution in [-0.2, 0) is 11.9 Å². The molecule has 0 N–H and O–H groups in total. The monoisotopic (exact) mass is 356 g/mol. The highest BCUT2D eigenvalue weighted by atomic mass is 32.2. The van der Waals surface area contributed by atoms with Crippen LogP contribution in [0.25, 0.3) is 0 Å². The summed E-state index contributed by atoms with van der Waals surface area (Å²) in [6, 6.07) is 8.25. The van der Waals surface area contributed by atoms with Crippen LogP contribution in [-0.4, -0.2) is 20.5 Å². The number of hydrogen-bond acceptors (Lipinski definition) is 4. The van der Waals surface area contributed by atoms with E-state index < -0.39 is 11.7 Å². The van der Waals surface area contributed by atoms with Crippen LogP contribution in [0.5, 0.6) is 11.5 Å². The summed E-state index contributed by atoms with van der Waals surface area (Å²) in [6.45, 7) is 0. The summed E-state index contributed by atoms with van der Waals surface area (Å²) in [6.07, 6.45) is -3.67. The van der Waals surface area contributed by atoms with Crippen LogP contribution >= 0.6 is 11.8 Å². The third kappa shape index (κ3) is 4.23. The average molecular weight is 356 g/mol. The van der Waals surface area contributed by atoms with Crippen LogP contribution in [0.3, 0.4) is 0 Å². The predicted octanol–water partition coefficient (Wildman–Crippen LogP) is 4.83. The molecule has 0 atom stereocenters. The van der Waals surface area contributed by atoms with Gasteiger partial charge in [-0.1, -0.05) is 12.1 Å². The first-order chi connectivity index (χ1) is 11.4. The number of carbonyl (C=O) groups is 1. The van der Waals surface area contributed by atoms with Crippen LogP contribution in [0, 0.1) is 0 Å². The molecule has 2 rings (SSSR count). The summed E-state index contributed by atoms with van der Waals surface area (Å²) >= 11 is 1.38. The molecule has 0 fully saturated rings. The number of benzene rings is 2. The van der Waals surface area contributed by atoms with E-state index in [9.17, 15) is 18.0 Å². The standard InChI is InChI=1S/C17H15F3O3S/c1-22-14-8-16(15(23-2)7-12(14)9-21)24-10-11-3-5-13(6-4-11)17(18,19)20/h3-9H,10H2,1-2H3. The summed E-state index contributed by atoms with van der Waals surface area (Å²) in [5.74, 6) is 1.38. The van der Waals surface area contributed by atoms with E-state index in [0.29, 0.717) is 29.1 Å². The minimum absolute atomic E-state index is 0.369. The van der Waals surface area contributed by atoms with Gasteiger partial charge in [-0.2, -0.15) is 13.2 Å². The number of rotatable bonds is 6. The third-order valence-electron chi connectivity index (χ3n) is 3.32. The van der Waals surface area contributed by atoms with Gasteiger partial charge in [-0.15, -0.1) is 11.8 Å². The Bertz CT molecular complexity index is 712. The maximum absolute atomic E-state index is 12.6. The lowest BCUT2D eigenvalue weighted by Gasteiger charge is -2.12. The van der Waals surface area contributed by atoms with E-state index >= 15 is 0 Å². The van der Waals surface area contributed by atoms with E-state index in [-0.39, 0.29) is 0 Å². The summed E-state index contributed by atoms with van der Waals surface area (Å²) in [4.78, 5) is 11.8. The Morgan fingerprint density at radius 2 is 1.67 bits per heavy atom. The number of halogens is 3. The Kier molecular flexibility index (Phi) is 5.77. The molecule has 0 aliphatic carbocycles. The summed E-state index contributed by atoms with van der Waals surface area (Å²) < 4.78 is 48.1. The number of thioether (sulfide) groups is 1. The number of ether oxygens (including phenoxy) is 2. The maximum atomic E-state index is 12.6. The summed E-state index contributed by atoms with van der Waals surface area (Å²) in [7, 11) is 2.94. The van der Waals surface area contributed by atoms with Gasteiger partial charge in [-0.25, -0.2) is 0 Å². The first-order valence-corrected chi connectivity index (χ1v) is 7.87. The number of hydrogen-bond donors (Lipinski definition) is 0. The molecule has 2 aromatic carbocycles.